The minimum atomic E-state index is -4.41. The normalized spacial score (nSPS) is 17.6. The Morgan fingerprint density at radius 3 is 2.46 bits per heavy atom. The number of carbonyl (C=O) groups excluding carboxylic acids is 2. The van der Waals surface area contributed by atoms with Gasteiger partial charge in [-0.3, -0.25) is 9.59 Å². The number of amides is 2. The molecule has 2 N–H and O–H groups in total. The van der Waals surface area contributed by atoms with Gasteiger partial charge in [-0.15, -0.1) is 0 Å². The number of rotatable bonds is 6. The molecule has 2 amide bonds. The molecule has 0 aromatic heterocycles. The van der Waals surface area contributed by atoms with E-state index < -0.39 is 17.3 Å². The van der Waals surface area contributed by atoms with E-state index in [9.17, 15) is 22.8 Å². The quantitative estimate of drug-likeness (QED) is 0.801. The second-order valence-electron chi connectivity index (χ2n) is 6.93. The van der Waals surface area contributed by atoms with Crippen LogP contribution in [0, 0.1) is 0 Å². The first-order valence-corrected chi connectivity index (χ1v) is 8.94. The number of hydrogen-bond donors (Lipinski definition) is 2. The van der Waals surface area contributed by atoms with Gasteiger partial charge in [0.2, 0.25) is 11.8 Å². The molecule has 2 rings (SSSR count). The molecule has 1 aliphatic rings. The Kier molecular flexibility index (Phi) is 6.31. The highest BCUT2D eigenvalue weighted by molar-refractivity contribution is 5.92. The van der Waals surface area contributed by atoms with Crippen LogP contribution in [-0.4, -0.2) is 23.9 Å². The number of nitrogens with one attached hydrogen (secondary N) is 2. The number of likely N-dealkylation sites (N-methyl/N-ethyl adjacent to an activating group) is 1. The maximum absolute atomic E-state index is 12.9. The molecule has 0 heterocycles. The van der Waals surface area contributed by atoms with Gasteiger partial charge in [-0.1, -0.05) is 38.0 Å². The van der Waals surface area contributed by atoms with Gasteiger partial charge in [0.15, 0.2) is 0 Å². The van der Waals surface area contributed by atoms with Crippen LogP contribution in [0.15, 0.2) is 24.3 Å². The zero-order valence-electron chi connectivity index (χ0n) is 15.1. The molecule has 0 bridgehead atoms. The highest BCUT2D eigenvalue weighted by Crippen LogP contribution is 2.33. The van der Waals surface area contributed by atoms with Crippen molar-refractivity contribution in [2.24, 2.45) is 0 Å². The van der Waals surface area contributed by atoms with E-state index >= 15 is 0 Å². The molecule has 1 aliphatic carbocycles. The Hall–Kier alpha value is -2.05. The predicted octanol–water partition coefficient (Wildman–Crippen LogP) is 3.76. The van der Waals surface area contributed by atoms with Gasteiger partial charge in [-0.05, 0) is 37.3 Å². The zero-order chi connectivity index (χ0) is 19.4. The molecule has 144 valence electrons. The van der Waals surface area contributed by atoms with E-state index in [1.54, 1.807) is 13.0 Å². The highest BCUT2D eigenvalue weighted by atomic mass is 19.4. The van der Waals surface area contributed by atoms with Crippen molar-refractivity contribution in [3.63, 3.8) is 0 Å². The van der Waals surface area contributed by atoms with E-state index in [0.29, 0.717) is 24.9 Å². The molecule has 1 atom stereocenters. The Bertz CT molecular complexity index is 652. The fourth-order valence-corrected chi connectivity index (χ4v) is 3.45. The maximum atomic E-state index is 12.9. The summed E-state index contributed by atoms with van der Waals surface area (Å²) in [7, 11) is 0. The summed E-state index contributed by atoms with van der Waals surface area (Å²) < 4.78 is 38.6. The van der Waals surface area contributed by atoms with Crippen LogP contribution in [0.25, 0.3) is 0 Å². The summed E-state index contributed by atoms with van der Waals surface area (Å²) in [5, 5.41) is 5.61. The van der Waals surface area contributed by atoms with E-state index in [2.05, 4.69) is 10.6 Å². The second kappa shape index (κ2) is 8.10. The topological polar surface area (TPSA) is 58.2 Å². The fraction of sp³-hybridized carbons (Fsp3) is 0.579. The third-order valence-electron chi connectivity index (χ3n) is 4.88. The molecule has 0 unspecified atom stereocenters. The van der Waals surface area contributed by atoms with Crippen molar-refractivity contribution in [3.8, 4) is 0 Å². The molecule has 1 aromatic carbocycles. The maximum Gasteiger partial charge on any atom is 0.416 e. The molecule has 0 radical (unpaired) electrons. The minimum absolute atomic E-state index is 0.0302. The molecule has 0 aliphatic heterocycles. The molecule has 1 saturated carbocycles. The van der Waals surface area contributed by atoms with Crippen molar-refractivity contribution >= 4 is 11.8 Å². The number of hydrogen-bond acceptors (Lipinski definition) is 2. The van der Waals surface area contributed by atoms with Crippen molar-refractivity contribution in [1.29, 1.82) is 0 Å². The van der Waals surface area contributed by atoms with Gasteiger partial charge < -0.3 is 10.6 Å². The molecular weight excluding hydrogens is 345 g/mol. The smallest absolute Gasteiger partial charge is 0.354 e. The number of benzene rings is 1. The van der Waals surface area contributed by atoms with E-state index in [-0.39, 0.29) is 24.2 Å². The third kappa shape index (κ3) is 4.77. The third-order valence-corrected chi connectivity index (χ3v) is 4.88. The van der Waals surface area contributed by atoms with Gasteiger partial charge in [-0.25, -0.2) is 0 Å². The molecule has 7 heteroatoms. The average molecular weight is 370 g/mol. The molecule has 0 saturated heterocycles. The lowest BCUT2D eigenvalue weighted by Crippen LogP contribution is -2.57. The van der Waals surface area contributed by atoms with Gasteiger partial charge in [0.1, 0.15) is 5.54 Å². The van der Waals surface area contributed by atoms with Gasteiger partial charge >= 0.3 is 6.18 Å². The van der Waals surface area contributed by atoms with Crippen LogP contribution in [0.3, 0.4) is 0 Å². The van der Waals surface area contributed by atoms with Gasteiger partial charge in [-0.2, -0.15) is 13.2 Å². The Balaban J connectivity index is 2.06. The second-order valence-corrected chi connectivity index (χ2v) is 6.93. The Labute approximate surface area is 151 Å². The predicted molar refractivity (Wildman–Crippen MR) is 92.5 cm³/mol. The minimum Gasteiger partial charge on any atom is -0.354 e. The van der Waals surface area contributed by atoms with Gasteiger partial charge in [0.05, 0.1) is 5.56 Å². The van der Waals surface area contributed by atoms with E-state index in [4.69, 9.17) is 0 Å². The summed E-state index contributed by atoms with van der Waals surface area (Å²) >= 11 is 0. The van der Waals surface area contributed by atoms with Gasteiger partial charge in [0, 0.05) is 13.0 Å². The number of carbonyl (C=O) groups is 2. The van der Waals surface area contributed by atoms with Crippen molar-refractivity contribution in [2.75, 3.05) is 6.54 Å². The Morgan fingerprint density at radius 1 is 1.23 bits per heavy atom. The van der Waals surface area contributed by atoms with E-state index in [1.807, 2.05) is 6.92 Å². The van der Waals surface area contributed by atoms with Crippen molar-refractivity contribution in [3.05, 3.63) is 35.4 Å². The van der Waals surface area contributed by atoms with Crippen LogP contribution in [0.2, 0.25) is 0 Å². The highest BCUT2D eigenvalue weighted by Gasteiger charge is 2.42. The van der Waals surface area contributed by atoms with Crippen LogP contribution in [0.4, 0.5) is 13.2 Å². The number of halogens is 3. The van der Waals surface area contributed by atoms with Crippen LogP contribution < -0.4 is 10.6 Å². The van der Waals surface area contributed by atoms with Crippen LogP contribution >= 0.6 is 0 Å². The van der Waals surface area contributed by atoms with Crippen LogP contribution in [0.1, 0.15) is 63.0 Å². The van der Waals surface area contributed by atoms with Crippen molar-refractivity contribution in [2.45, 2.75) is 63.6 Å². The summed E-state index contributed by atoms with van der Waals surface area (Å²) in [6.07, 6.45) is -1.49. The van der Waals surface area contributed by atoms with Crippen molar-refractivity contribution < 1.29 is 22.8 Å². The molecule has 1 aromatic rings. The summed E-state index contributed by atoms with van der Waals surface area (Å²) in [5.41, 5.74) is -1.16. The lowest BCUT2D eigenvalue weighted by Gasteiger charge is -2.29. The van der Waals surface area contributed by atoms with Crippen LogP contribution in [-0.2, 0) is 15.8 Å². The zero-order valence-corrected chi connectivity index (χ0v) is 15.1. The lowest BCUT2D eigenvalue weighted by atomic mass is 9.93. The van der Waals surface area contributed by atoms with Gasteiger partial charge in [0.25, 0.3) is 0 Å². The first-order chi connectivity index (χ1) is 12.2. The van der Waals surface area contributed by atoms with Crippen molar-refractivity contribution in [1.82, 2.24) is 10.6 Å². The first-order valence-electron chi connectivity index (χ1n) is 8.94. The fourth-order valence-electron chi connectivity index (χ4n) is 3.45. The lowest BCUT2D eigenvalue weighted by molar-refractivity contribution is -0.137. The molecule has 1 fully saturated rings. The standard InChI is InChI=1S/C19H25F3N2O2/c1-3-23-17(26)18(9-4-5-10-18)24-16(25)11-13(2)14-7-6-8-15(12-14)19(20,21)22/h6-8,12-13H,3-5,9-11H2,1-2H3,(H,23,26)(H,24,25)/t13-/m0/s1. The molecule has 0 spiro atoms. The molecule has 4 nitrogen and oxygen atoms in total. The summed E-state index contributed by atoms with van der Waals surface area (Å²) in [6.45, 7) is 4.01. The summed E-state index contributed by atoms with van der Waals surface area (Å²) in [6, 6.07) is 5.02. The Morgan fingerprint density at radius 2 is 1.88 bits per heavy atom. The van der Waals surface area contributed by atoms with E-state index in [1.165, 1.54) is 6.07 Å². The SMILES string of the molecule is CCNC(=O)C1(NC(=O)C[C@H](C)c2cccc(C(F)(F)F)c2)CCCC1. The van der Waals surface area contributed by atoms with Crippen LogP contribution in [0.5, 0.6) is 0 Å². The molecule has 26 heavy (non-hydrogen) atoms. The largest absolute Gasteiger partial charge is 0.416 e. The number of alkyl halides is 3. The monoisotopic (exact) mass is 370 g/mol. The average Bonchev–Trinajstić information content (AvgIpc) is 3.04. The van der Waals surface area contributed by atoms with E-state index in [0.717, 1.165) is 25.0 Å². The summed E-state index contributed by atoms with van der Waals surface area (Å²) in [4.78, 5) is 24.8. The first kappa shape index (κ1) is 20.3. The molecular formula is C19H25F3N2O2. The summed E-state index contributed by atoms with van der Waals surface area (Å²) in [5.74, 6) is -0.884.